The van der Waals surface area contributed by atoms with E-state index in [0.29, 0.717) is 26.2 Å². The lowest BCUT2D eigenvalue weighted by Crippen LogP contribution is -2.49. The van der Waals surface area contributed by atoms with Crippen LogP contribution < -0.4 is 4.90 Å². The van der Waals surface area contributed by atoms with Crippen molar-refractivity contribution >= 4 is 5.82 Å². The molecule has 0 aliphatic carbocycles. The van der Waals surface area contributed by atoms with Crippen molar-refractivity contribution in [3.63, 3.8) is 0 Å². The number of rotatable bonds is 2. The summed E-state index contributed by atoms with van der Waals surface area (Å²) < 4.78 is 36.6. The molecule has 0 aromatic carbocycles. The van der Waals surface area contributed by atoms with Crippen LogP contribution in [0.4, 0.5) is 19.0 Å². The minimum absolute atomic E-state index is 0.427. The average molecular weight is 245 g/mol. The fraction of sp³-hybridized carbons (Fsp3) is 0.545. The standard InChI is InChI=1S/C11H14F3N3/c12-11(13,14)9-16-5-7-17(8-6-16)10-3-1-2-4-15-10/h1-4H,5-9H2. The lowest BCUT2D eigenvalue weighted by molar-refractivity contribution is -0.146. The van der Waals surface area contributed by atoms with Gasteiger partial charge in [-0.15, -0.1) is 0 Å². The van der Waals surface area contributed by atoms with Gasteiger partial charge < -0.3 is 4.90 Å². The summed E-state index contributed by atoms with van der Waals surface area (Å²) in [7, 11) is 0. The highest BCUT2D eigenvalue weighted by Crippen LogP contribution is 2.19. The maximum absolute atomic E-state index is 12.2. The predicted molar refractivity (Wildman–Crippen MR) is 58.9 cm³/mol. The van der Waals surface area contributed by atoms with E-state index >= 15 is 0 Å². The summed E-state index contributed by atoms with van der Waals surface area (Å²) in [6.45, 7) is 1.22. The van der Waals surface area contributed by atoms with Crippen LogP contribution in [0.15, 0.2) is 24.4 Å². The molecule has 0 atom stereocenters. The minimum Gasteiger partial charge on any atom is -0.354 e. The van der Waals surface area contributed by atoms with E-state index in [0.717, 1.165) is 5.82 Å². The Balaban J connectivity index is 1.86. The summed E-state index contributed by atoms with van der Waals surface area (Å²) in [5.74, 6) is 0.833. The Morgan fingerprint density at radius 2 is 1.82 bits per heavy atom. The second-order valence-corrected chi connectivity index (χ2v) is 4.07. The van der Waals surface area contributed by atoms with E-state index in [1.54, 1.807) is 6.20 Å². The molecule has 1 aromatic heterocycles. The smallest absolute Gasteiger partial charge is 0.354 e. The second-order valence-electron chi connectivity index (χ2n) is 4.07. The highest BCUT2D eigenvalue weighted by molar-refractivity contribution is 5.38. The number of pyridine rings is 1. The molecule has 0 amide bonds. The average Bonchev–Trinajstić information content (AvgIpc) is 2.29. The molecule has 2 rings (SSSR count). The van der Waals surface area contributed by atoms with Crippen molar-refractivity contribution < 1.29 is 13.2 Å². The van der Waals surface area contributed by atoms with Gasteiger partial charge in [0, 0.05) is 32.4 Å². The van der Waals surface area contributed by atoms with E-state index in [-0.39, 0.29) is 0 Å². The van der Waals surface area contributed by atoms with Crippen molar-refractivity contribution in [2.24, 2.45) is 0 Å². The molecule has 0 bridgehead atoms. The summed E-state index contributed by atoms with van der Waals surface area (Å²) in [6, 6.07) is 5.58. The van der Waals surface area contributed by atoms with E-state index in [4.69, 9.17) is 0 Å². The molecule has 1 fully saturated rings. The molecule has 2 heterocycles. The van der Waals surface area contributed by atoms with Crippen LogP contribution in [0.5, 0.6) is 0 Å². The first-order chi connectivity index (χ1) is 8.04. The Kier molecular flexibility index (Phi) is 3.51. The molecule has 0 unspecified atom stereocenters. The van der Waals surface area contributed by atoms with E-state index in [1.807, 2.05) is 23.1 Å². The van der Waals surface area contributed by atoms with E-state index in [9.17, 15) is 13.2 Å². The summed E-state index contributed by atoms with van der Waals surface area (Å²) in [4.78, 5) is 7.62. The van der Waals surface area contributed by atoms with Crippen molar-refractivity contribution in [2.45, 2.75) is 6.18 Å². The second kappa shape index (κ2) is 4.91. The molecule has 1 aliphatic rings. The van der Waals surface area contributed by atoms with Crippen LogP contribution in [0, 0.1) is 0 Å². The van der Waals surface area contributed by atoms with Crippen LogP contribution in [-0.2, 0) is 0 Å². The molecule has 0 saturated carbocycles. The maximum atomic E-state index is 12.2. The third-order valence-corrected chi connectivity index (χ3v) is 2.75. The molecular weight excluding hydrogens is 231 g/mol. The quantitative estimate of drug-likeness (QED) is 0.791. The molecule has 1 aromatic rings. The first kappa shape index (κ1) is 12.2. The van der Waals surface area contributed by atoms with Crippen molar-refractivity contribution in [3.8, 4) is 0 Å². The Morgan fingerprint density at radius 3 is 2.35 bits per heavy atom. The molecule has 1 aliphatic heterocycles. The highest BCUT2D eigenvalue weighted by atomic mass is 19.4. The van der Waals surface area contributed by atoms with Gasteiger partial charge in [-0.3, -0.25) is 4.90 Å². The number of hydrogen-bond donors (Lipinski definition) is 0. The predicted octanol–water partition coefficient (Wildman–Crippen LogP) is 1.77. The van der Waals surface area contributed by atoms with Gasteiger partial charge in [-0.2, -0.15) is 13.2 Å². The largest absolute Gasteiger partial charge is 0.401 e. The van der Waals surface area contributed by atoms with Gasteiger partial charge >= 0.3 is 6.18 Å². The highest BCUT2D eigenvalue weighted by Gasteiger charge is 2.32. The third-order valence-electron chi connectivity index (χ3n) is 2.75. The molecule has 94 valence electrons. The minimum atomic E-state index is -4.10. The van der Waals surface area contributed by atoms with E-state index in [2.05, 4.69) is 4.98 Å². The van der Waals surface area contributed by atoms with Crippen molar-refractivity contribution in [2.75, 3.05) is 37.6 Å². The fourth-order valence-corrected chi connectivity index (χ4v) is 1.93. The van der Waals surface area contributed by atoms with Crippen LogP contribution in [0.25, 0.3) is 0 Å². The first-order valence-corrected chi connectivity index (χ1v) is 5.50. The number of alkyl halides is 3. The number of halogens is 3. The Bertz CT molecular complexity index is 345. The molecule has 0 radical (unpaired) electrons. The lowest BCUT2D eigenvalue weighted by atomic mass is 10.3. The maximum Gasteiger partial charge on any atom is 0.401 e. The third kappa shape index (κ3) is 3.59. The van der Waals surface area contributed by atoms with Crippen molar-refractivity contribution in [1.29, 1.82) is 0 Å². The normalized spacial score (nSPS) is 18.4. The summed E-state index contributed by atoms with van der Waals surface area (Å²) in [6.07, 6.45) is -2.41. The fourth-order valence-electron chi connectivity index (χ4n) is 1.93. The van der Waals surface area contributed by atoms with Crippen LogP contribution >= 0.6 is 0 Å². The Morgan fingerprint density at radius 1 is 1.12 bits per heavy atom. The molecule has 0 N–H and O–H groups in total. The van der Waals surface area contributed by atoms with Gasteiger partial charge in [-0.25, -0.2) is 4.98 Å². The monoisotopic (exact) mass is 245 g/mol. The zero-order chi connectivity index (χ0) is 12.3. The van der Waals surface area contributed by atoms with Crippen LogP contribution in [0.1, 0.15) is 0 Å². The van der Waals surface area contributed by atoms with Crippen LogP contribution in [-0.4, -0.2) is 48.8 Å². The molecule has 0 spiro atoms. The SMILES string of the molecule is FC(F)(F)CN1CCN(c2ccccn2)CC1. The van der Waals surface area contributed by atoms with Gasteiger partial charge in [-0.1, -0.05) is 6.07 Å². The van der Waals surface area contributed by atoms with Gasteiger partial charge in [0.15, 0.2) is 0 Å². The van der Waals surface area contributed by atoms with Crippen molar-refractivity contribution in [1.82, 2.24) is 9.88 Å². The topological polar surface area (TPSA) is 19.4 Å². The summed E-state index contributed by atoms with van der Waals surface area (Å²) in [5, 5.41) is 0. The van der Waals surface area contributed by atoms with Gasteiger partial charge in [0.2, 0.25) is 0 Å². The number of anilines is 1. The van der Waals surface area contributed by atoms with E-state index < -0.39 is 12.7 Å². The molecule has 6 heteroatoms. The van der Waals surface area contributed by atoms with Crippen LogP contribution in [0.3, 0.4) is 0 Å². The zero-order valence-corrected chi connectivity index (χ0v) is 9.32. The molecule has 17 heavy (non-hydrogen) atoms. The number of piperazine rings is 1. The zero-order valence-electron chi connectivity index (χ0n) is 9.32. The summed E-state index contributed by atoms with van der Waals surface area (Å²) in [5.41, 5.74) is 0. The summed E-state index contributed by atoms with van der Waals surface area (Å²) >= 11 is 0. The van der Waals surface area contributed by atoms with Gasteiger partial charge in [0.05, 0.1) is 6.54 Å². The number of hydrogen-bond acceptors (Lipinski definition) is 3. The van der Waals surface area contributed by atoms with Gasteiger partial charge in [0.1, 0.15) is 5.82 Å². The molecule has 3 nitrogen and oxygen atoms in total. The van der Waals surface area contributed by atoms with Gasteiger partial charge in [-0.05, 0) is 12.1 Å². The van der Waals surface area contributed by atoms with Gasteiger partial charge in [0.25, 0.3) is 0 Å². The Labute approximate surface area is 97.9 Å². The first-order valence-electron chi connectivity index (χ1n) is 5.50. The molecule has 1 saturated heterocycles. The van der Waals surface area contributed by atoms with E-state index in [1.165, 1.54) is 4.90 Å². The number of nitrogens with zero attached hydrogens (tertiary/aromatic N) is 3. The van der Waals surface area contributed by atoms with Crippen molar-refractivity contribution in [3.05, 3.63) is 24.4 Å². The molecular formula is C11H14F3N3. The Hall–Kier alpha value is -1.30. The lowest BCUT2D eigenvalue weighted by Gasteiger charge is -2.35. The van der Waals surface area contributed by atoms with Crippen LogP contribution in [0.2, 0.25) is 0 Å². The number of aromatic nitrogens is 1.